The molecule has 0 N–H and O–H groups in total. The highest BCUT2D eigenvalue weighted by Gasteiger charge is 2.37. The zero-order valence-electron chi connectivity index (χ0n) is 16.4. The van der Waals surface area contributed by atoms with Crippen molar-refractivity contribution >= 4 is 18.4 Å². The highest BCUT2D eigenvalue weighted by Crippen LogP contribution is 2.32. The van der Waals surface area contributed by atoms with E-state index in [4.69, 9.17) is 4.98 Å². The number of aromatic nitrogens is 4. The molecule has 2 aromatic heterocycles. The van der Waals surface area contributed by atoms with Gasteiger partial charge in [-0.3, -0.25) is 9.36 Å². The van der Waals surface area contributed by atoms with Gasteiger partial charge < -0.3 is 4.90 Å². The van der Waals surface area contributed by atoms with Crippen molar-refractivity contribution in [2.45, 2.75) is 38.8 Å². The van der Waals surface area contributed by atoms with Crippen LogP contribution in [0, 0.1) is 5.82 Å². The number of rotatable bonds is 5. The number of nitrogens with zero attached hydrogens (tertiary/aromatic N) is 5. The fraction of sp³-hybridized carbons (Fsp3) is 0.333. The Labute approximate surface area is 174 Å². The highest BCUT2D eigenvalue weighted by atomic mass is 35.5. The second kappa shape index (κ2) is 8.29. The van der Waals surface area contributed by atoms with Crippen LogP contribution in [0.4, 0.5) is 10.3 Å². The van der Waals surface area contributed by atoms with Gasteiger partial charge in [0.2, 0.25) is 5.95 Å². The molecule has 3 aromatic rings. The number of hydrogen-bond donors (Lipinski definition) is 0. The third kappa shape index (κ3) is 4.15. The minimum absolute atomic E-state index is 0. The van der Waals surface area contributed by atoms with Gasteiger partial charge in [-0.2, -0.15) is 0 Å². The quantitative estimate of drug-likeness (QED) is 0.638. The molecule has 152 valence electrons. The van der Waals surface area contributed by atoms with E-state index >= 15 is 0 Å². The van der Waals surface area contributed by atoms with E-state index in [0.717, 1.165) is 6.42 Å². The Morgan fingerprint density at radius 2 is 1.97 bits per heavy atom. The summed E-state index contributed by atoms with van der Waals surface area (Å²) in [6.07, 6.45) is 4.47. The molecule has 0 radical (unpaired) electrons. The van der Waals surface area contributed by atoms with E-state index in [1.165, 1.54) is 18.5 Å². The van der Waals surface area contributed by atoms with Crippen LogP contribution in [0.3, 0.4) is 0 Å². The van der Waals surface area contributed by atoms with Crippen LogP contribution in [0.2, 0.25) is 0 Å². The molecule has 0 bridgehead atoms. The van der Waals surface area contributed by atoms with Crippen molar-refractivity contribution in [1.82, 2.24) is 19.5 Å². The zero-order chi connectivity index (χ0) is 19.7. The number of benzene rings is 1. The lowest BCUT2D eigenvalue weighted by Gasteiger charge is -2.31. The molecular weight excluding hydrogens is 393 g/mol. The summed E-state index contributed by atoms with van der Waals surface area (Å²) >= 11 is 0. The van der Waals surface area contributed by atoms with Crippen LogP contribution in [-0.4, -0.2) is 31.6 Å². The number of anilines is 1. The first-order valence-electron chi connectivity index (χ1n) is 9.35. The van der Waals surface area contributed by atoms with Crippen LogP contribution in [0.1, 0.15) is 25.8 Å². The summed E-state index contributed by atoms with van der Waals surface area (Å²) < 4.78 is 15.6. The highest BCUT2D eigenvalue weighted by molar-refractivity contribution is 5.85. The molecule has 0 fully saturated rings. The fourth-order valence-electron chi connectivity index (χ4n) is 3.70. The molecule has 1 aliphatic rings. The van der Waals surface area contributed by atoms with Gasteiger partial charge in [0, 0.05) is 18.8 Å². The van der Waals surface area contributed by atoms with E-state index in [9.17, 15) is 9.18 Å². The van der Waals surface area contributed by atoms with Crippen molar-refractivity contribution in [3.05, 3.63) is 70.7 Å². The first-order chi connectivity index (χ1) is 13.5. The molecule has 4 rings (SSSR count). The molecule has 3 heterocycles. The lowest BCUT2D eigenvalue weighted by Crippen LogP contribution is -2.42. The maximum absolute atomic E-state index is 13.9. The fourth-order valence-corrected chi connectivity index (χ4v) is 3.70. The largest absolute Gasteiger partial charge is 0.335 e. The Morgan fingerprint density at radius 1 is 1.17 bits per heavy atom. The van der Waals surface area contributed by atoms with Crippen LogP contribution >= 0.6 is 12.4 Å². The summed E-state index contributed by atoms with van der Waals surface area (Å²) in [5, 5.41) is 0. The summed E-state index contributed by atoms with van der Waals surface area (Å²) in [4.78, 5) is 27.7. The zero-order valence-corrected chi connectivity index (χ0v) is 17.2. The van der Waals surface area contributed by atoms with E-state index in [1.807, 2.05) is 12.1 Å². The molecule has 29 heavy (non-hydrogen) atoms. The summed E-state index contributed by atoms with van der Waals surface area (Å²) in [5.41, 5.74) is 1.52. The maximum atomic E-state index is 13.9. The van der Waals surface area contributed by atoms with Crippen molar-refractivity contribution in [2.24, 2.45) is 0 Å². The third-order valence-corrected chi connectivity index (χ3v) is 5.14. The van der Waals surface area contributed by atoms with E-state index in [-0.39, 0.29) is 29.3 Å². The molecular formula is C21H23ClFN5O. The van der Waals surface area contributed by atoms with Gasteiger partial charge in [0.1, 0.15) is 12.1 Å². The molecule has 1 aliphatic heterocycles. The van der Waals surface area contributed by atoms with Crippen LogP contribution in [0.25, 0.3) is 11.4 Å². The second-order valence-electron chi connectivity index (χ2n) is 7.62. The molecule has 0 saturated heterocycles. The first-order valence-corrected chi connectivity index (χ1v) is 9.35. The molecule has 8 heteroatoms. The molecule has 0 amide bonds. The normalized spacial score (nSPS) is 14.4. The summed E-state index contributed by atoms with van der Waals surface area (Å²) in [6, 6.07) is 10.1. The van der Waals surface area contributed by atoms with E-state index in [2.05, 4.69) is 28.7 Å². The molecule has 1 aromatic carbocycles. The SMILES string of the molecule is CC1(C)Cn2c(nc(-c3ccncn3)cc2=O)N1CCCc1ccccc1F.Cl. The standard InChI is InChI=1S/C21H22FN5O.ClH/c1-21(2)13-26-19(28)12-18(17-9-10-23-14-24-17)25-20(26)27(21)11-5-7-15-6-3-4-8-16(15)22;/h3-4,6,8-10,12,14H,5,7,11,13H2,1-2H3;1H. The Kier molecular flexibility index (Phi) is 5.98. The lowest BCUT2D eigenvalue weighted by atomic mass is 10.0. The summed E-state index contributed by atoms with van der Waals surface area (Å²) in [7, 11) is 0. The Bertz CT molecular complexity index is 1050. The average molecular weight is 416 g/mol. The molecule has 0 atom stereocenters. The summed E-state index contributed by atoms with van der Waals surface area (Å²) in [6.45, 7) is 5.43. The molecule has 0 saturated carbocycles. The first kappa shape index (κ1) is 20.9. The minimum atomic E-state index is -0.251. The number of aryl methyl sites for hydroxylation is 1. The van der Waals surface area contributed by atoms with Crippen LogP contribution in [0.15, 0.2) is 53.7 Å². The molecule has 0 spiro atoms. The van der Waals surface area contributed by atoms with Gasteiger partial charge in [-0.25, -0.2) is 19.3 Å². The van der Waals surface area contributed by atoms with Gasteiger partial charge in [0.25, 0.3) is 5.56 Å². The van der Waals surface area contributed by atoms with E-state index in [1.54, 1.807) is 22.9 Å². The van der Waals surface area contributed by atoms with Crippen LogP contribution in [0.5, 0.6) is 0 Å². The number of halogens is 2. The molecule has 0 aliphatic carbocycles. The lowest BCUT2D eigenvalue weighted by molar-refractivity contribution is 0.445. The van der Waals surface area contributed by atoms with Gasteiger partial charge in [0.05, 0.1) is 23.5 Å². The molecule has 6 nitrogen and oxygen atoms in total. The van der Waals surface area contributed by atoms with Crippen molar-refractivity contribution < 1.29 is 4.39 Å². The van der Waals surface area contributed by atoms with E-state index < -0.39 is 0 Å². The smallest absolute Gasteiger partial charge is 0.255 e. The predicted molar refractivity (Wildman–Crippen MR) is 113 cm³/mol. The van der Waals surface area contributed by atoms with Gasteiger partial charge >= 0.3 is 0 Å². The van der Waals surface area contributed by atoms with Gasteiger partial charge in [-0.15, -0.1) is 12.4 Å². The molecule has 0 unspecified atom stereocenters. The maximum Gasteiger partial charge on any atom is 0.255 e. The minimum Gasteiger partial charge on any atom is -0.335 e. The van der Waals surface area contributed by atoms with Gasteiger partial charge in [-0.05, 0) is 44.4 Å². The number of fused-ring (bicyclic) bond motifs is 1. The van der Waals surface area contributed by atoms with Gasteiger partial charge in [-0.1, -0.05) is 18.2 Å². The number of hydrogen-bond acceptors (Lipinski definition) is 5. The van der Waals surface area contributed by atoms with Crippen molar-refractivity contribution in [3.63, 3.8) is 0 Å². The second-order valence-corrected chi connectivity index (χ2v) is 7.62. The monoisotopic (exact) mass is 415 g/mol. The average Bonchev–Trinajstić information content (AvgIpc) is 2.95. The topological polar surface area (TPSA) is 63.9 Å². The van der Waals surface area contributed by atoms with Crippen molar-refractivity contribution in [3.8, 4) is 11.4 Å². The van der Waals surface area contributed by atoms with E-state index in [0.29, 0.717) is 42.4 Å². The van der Waals surface area contributed by atoms with Crippen LogP contribution in [-0.2, 0) is 13.0 Å². The van der Waals surface area contributed by atoms with Crippen molar-refractivity contribution in [1.29, 1.82) is 0 Å². The Hall–Kier alpha value is -2.80. The predicted octanol–water partition coefficient (Wildman–Crippen LogP) is 3.49. The summed E-state index contributed by atoms with van der Waals surface area (Å²) in [5.74, 6) is 0.462. The van der Waals surface area contributed by atoms with Crippen LogP contribution < -0.4 is 10.5 Å². The van der Waals surface area contributed by atoms with Crippen molar-refractivity contribution in [2.75, 3.05) is 11.4 Å². The Balaban J connectivity index is 0.00000240. The Morgan fingerprint density at radius 3 is 2.69 bits per heavy atom. The third-order valence-electron chi connectivity index (χ3n) is 5.14. The van der Waals surface area contributed by atoms with Gasteiger partial charge in [0.15, 0.2) is 0 Å².